The second kappa shape index (κ2) is 8.16. The molecule has 0 aliphatic heterocycles. The number of sulfonamides is 1. The summed E-state index contributed by atoms with van der Waals surface area (Å²) in [7, 11) is -0.627. The molecule has 1 amide bonds. The van der Waals surface area contributed by atoms with E-state index < -0.39 is 10.0 Å². The zero-order chi connectivity index (χ0) is 19.5. The van der Waals surface area contributed by atoms with Crippen molar-refractivity contribution in [1.82, 2.24) is 4.31 Å². The topological polar surface area (TPSA) is 66.5 Å². The molecule has 2 aromatic rings. The van der Waals surface area contributed by atoms with E-state index in [9.17, 15) is 13.2 Å². The first-order valence-corrected chi connectivity index (χ1v) is 10.1. The standard InChI is InChI=1S/C19H21BrN2O3S/c1-13-11-16(26(24,25)22(3)4)12-18(14(13)2)21-19(23)10-9-15-7-5-6-8-17(15)20/h5-12H,1-4H3,(H,21,23)/b10-9+. The van der Waals surface area contributed by atoms with Gasteiger partial charge in [0.1, 0.15) is 0 Å². The van der Waals surface area contributed by atoms with E-state index in [4.69, 9.17) is 0 Å². The van der Waals surface area contributed by atoms with E-state index in [1.807, 2.05) is 38.1 Å². The van der Waals surface area contributed by atoms with Crippen molar-refractivity contribution in [2.45, 2.75) is 18.7 Å². The molecule has 2 rings (SSSR count). The van der Waals surface area contributed by atoms with Crippen molar-refractivity contribution in [1.29, 1.82) is 0 Å². The Morgan fingerprint density at radius 1 is 1.15 bits per heavy atom. The fourth-order valence-electron chi connectivity index (χ4n) is 2.27. The molecule has 0 aromatic heterocycles. The van der Waals surface area contributed by atoms with Crippen LogP contribution in [0.3, 0.4) is 0 Å². The van der Waals surface area contributed by atoms with Crippen LogP contribution in [0.15, 0.2) is 51.8 Å². The van der Waals surface area contributed by atoms with Crippen LogP contribution in [-0.4, -0.2) is 32.7 Å². The summed E-state index contributed by atoms with van der Waals surface area (Å²) in [5.41, 5.74) is 2.97. The Labute approximate surface area is 162 Å². The van der Waals surface area contributed by atoms with Gasteiger partial charge in [-0.2, -0.15) is 0 Å². The third-order valence-corrected chi connectivity index (χ3v) is 6.51. The number of amides is 1. The van der Waals surface area contributed by atoms with Crippen molar-refractivity contribution in [2.75, 3.05) is 19.4 Å². The van der Waals surface area contributed by atoms with Gasteiger partial charge in [0, 0.05) is 30.3 Å². The minimum atomic E-state index is -3.58. The Bertz CT molecular complexity index is 967. The molecule has 0 unspecified atom stereocenters. The molecule has 0 aliphatic carbocycles. The van der Waals surface area contributed by atoms with Crippen molar-refractivity contribution in [3.8, 4) is 0 Å². The highest BCUT2D eigenvalue weighted by Crippen LogP contribution is 2.25. The Kier molecular flexibility index (Phi) is 6.39. The Morgan fingerprint density at radius 3 is 2.42 bits per heavy atom. The Hall–Kier alpha value is -1.96. The number of nitrogens with zero attached hydrogens (tertiary/aromatic N) is 1. The summed E-state index contributed by atoms with van der Waals surface area (Å²) in [6, 6.07) is 10.6. The molecule has 0 fully saturated rings. The molecule has 0 aliphatic rings. The SMILES string of the molecule is Cc1cc(S(=O)(=O)N(C)C)cc(NC(=O)/C=C/c2ccccc2Br)c1C. The second-order valence-electron chi connectivity index (χ2n) is 6.04. The van der Waals surface area contributed by atoms with Gasteiger partial charge in [-0.15, -0.1) is 0 Å². The molecular formula is C19H21BrN2O3S. The molecule has 26 heavy (non-hydrogen) atoms. The Balaban J connectivity index is 2.30. The lowest BCUT2D eigenvalue weighted by molar-refractivity contribution is -0.111. The highest BCUT2D eigenvalue weighted by atomic mass is 79.9. The number of aryl methyl sites for hydroxylation is 1. The van der Waals surface area contributed by atoms with Gasteiger partial charge in [0.15, 0.2) is 0 Å². The first-order valence-electron chi connectivity index (χ1n) is 7.90. The minimum absolute atomic E-state index is 0.149. The molecule has 0 bridgehead atoms. The molecule has 0 radical (unpaired) electrons. The molecule has 7 heteroatoms. The predicted molar refractivity (Wildman–Crippen MR) is 109 cm³/mol. The zero-order valence-electron chi connectivity index (χ0n) is 15.1. The molecular weight excluding hydrogens is 416 g/mol. The number of hydrogen-bond donors (Lipinski definition) is 1. The van der Waals surface area contributed by atoms with Crippen molar-refractivity contribution in [2.24, 2.45) is 0 Å². The van der Waals surface area contributed by atoms with E-state index in [0.29, 0.717) is 5.69 Å². The summed E-state index contributed by atoms with van der Waals surface area (Å²) < 4.78 is 26.8. The van der Waals surface area contributed by atoms with Crippen LogP contribution in [0, 0.1) is 13.8 Å². The molecule has 0 saturated carbocycles. The van der Waals surface area contributed by atoms with Crippen LogP contribution in [-0.2, 0) is 14.8 Å². The third-order valence-electron chi connectivity index (χ3n) is 4.00. The summed E-state index contributed by atoms with van der Waals surface area (Å²) in [6.45, 7) is 3.66. The lowest BCUT2D eigenvalue weighted by atomic mass is 10.1. The summed E-state index contributed by atoms with van der Waals surface area (Å²) in [4.78, 5) is 12.4. The van der Waals surface area contributed by atoms with Gasteiger partial charge >= 0.3 is 0 Å². The maximum absolute atomic E-state index is 12.4. The van der Waals surface area contributed by atoms with Gasteiger partial charge in [0.25, 0.3) is 0 Å². The minimum Gasteiger partial charge on any atom is -0.322 e. The van der Waals surface area contributed by atoms with Crippen molar-refractivity contribution < 1.29 is 13.2 Å². The molecule has 0 saturated heterocycles. The number of carbonyl (C=O) groups is 1. The first-order chi connectivity index (χ1) is 12.1. The number of hydrogen-bond acceptors (Lipinski definition) is 3. The van der Waals surface area contributed by atoms with Crippen LogP contribution in [0.5, 0.6) is 0 Å². The molecule has 0 spiro atoms. The first kappa shape index (κ1) is 20.4. The summed E-state index contributed by atoms with van der Waals surface area (Å²) >= 11 is 3.42. The average molecular weight is 437 g/mol. The number of anilines is 1. The highest BCUT2D eigenvalue weighted by Gasteiger charge is 2.19. The number of rotatable bonds is 5. The largest absolute Gasteiger partial charge is 0.322 e. The monoisotopic (exact) mass is 436 g/mol. The number of carbonyl (C=O) groups excluding carboxylic acids is 1. The quantitative estimate of drug-likeness (QED) is 0.720. The molecule has 0 heterocycles. The maximum Gasteiger partial charge on any atom is 0.248 e. The average Bonchev–Trinajstić information content (AvgIpc) is 2.57. The van der Waals surface area contributed by atoms with Gasteiger partial charge in [0.2, 0.25) is 15.9 Å². The molecule has 2 aromatic carbocycles. The predicted octanol–water partition coefficient (Wildman–Crippen LogP) is 3.97. The van der Waals surface area contributed by atoms with E-state index in [1.165, 1.54) is 26.2 Å². The van der Waals surface area contributed by atoms with Crippen LogP contribution in [0.2, 0.25) is 0 Å². The number of halogens is 1. The summed E-state index contributed by atoms with van der Waals surface area (Å²) in [6.07, 6.45) is 3.12. The normalized spacial score (nSPS) is 11.9. The van der Waals surface area contributed by atoms with Gasteiger partial charge in [-0.3, -0.25) is 4.79 Å². The van der Waals surface area contributed by atoms with Crippen LogP contribution in [0.1, 0.15) is 16.7 Å². The molecule has 0 atom stereocenters. The van der Waals surface area contributed by atoms with E-state index in [-0.39, 0.29) is 10.8 Å². The lowest BCUT2D eigenvalue weighted by Crippen LogP contribution is -2.22. The second-order valence-corrected chi connectivity index (χ2v) is 9.05. The van der Waals surface area contributed by atoms with Gasteiger partial charge < -0.3 is 5.32 Å². The zero-order valence-corrected chi connectivity index (χ0v) is 17.5. The van der Waals surface area contributed by atoms with E-state index >= 15 is 0 Å². The molecule has 138 valence electrons. The highest BCUT2D eigenvalue weighted by molar-refractivity contribution is 9.10. The fraction of sp³-hybridized carbons (Fsp3) is 0.211. The fourth-order valence-corrected chi connectivity index (χ4v) is 3.70. The van der Waals surface area contributed by atoms with Gasteiger partial charge in [-0.05, 0) is 54.8 Å². The van der Waals surface area contributed by atoms with Gasteiger partial charge in [-0.25, -0.2) is 12.7 Å². The smallest absolute Gasteiger partial charge is 0.248 e. The molecule has 1 N–H and O–H groups in total. The van der Waals surface area contributed by atoms with Gasteiger partial charge in [-0.1, -0.05) is 34.1 Å². The van der Waals surface area contributed by atoms with Crippen molar-refractivity contribution in [3.05, 3.63) is 63.6 Å². The number of nitrogens with one attached hydrogen (secondary N) is 1. The van der Waals surface area contributed by atoms with Crippen molar-refractivity contribution >= 4 is 43.6 Å². The van der Waals surface area contributed by atoms with E-state index in [0.717, 1.165) is 25.5 Å². The summed E-state index contributed by atoms with van der Waals surface area (Å²) in [5.74, 6) is -0.331. The molecule has 5 nitrogen and oxygen atoms in total. The van der Waals surface area contributed by atoms with Crippen LogP contribution < -0.4 is 5.32 Å². The Morgan fingerprint density at radius 2 is 1.81 bits per heavy atom. The van der Waals surface area contributed by atoms with E-state index in [1.54, 1.807) is 12.1 Å². The maximum atomic E-state index is 12.4. The van der Waals surface area contributed by atoms with Crippen LogP contribution in [0.25, 0.3) is 6.08 Å². The van der Waals surface area contributed by atoms with Crippen LogP contribution in [0.4, 0.5) is 5.69 Å². The third kappa shape index (κ3) is 4.60. The number of benzene rings is 2. The van der Waals surface area contributed by atoms with Gasteiger partial charge in [0.05, 0.1) is 4.90 Å². The lowest BCUT2D eigenvalue weighted by Gasteiger charge is -2.16. The van der Waals surface area contributed by atoms with Crippen LogP contribution >= 0.6 is 15.9 Å². The van der Waals surface area contributed by atoms with Crippen molar-refractivity contribution in [3.63, 3.8) is 0 Å². The van der Waals surface area contributed by atoms with E-state index in [2.05, 4.69) is 21.2 Å². The summed E-state index contributed by atoms with van der Waals surface area (Å²) in [5, 5.41) is 2.77.